The van der Waals surface area contributed by atoms with E-state index in [1.54, 1.807) is 0 Å². The van der Waals surface area contributed by atoms with Crippen molar-refractivity contribution in [1.29, 1.82) is 0 Å². The fraction of sp³-hybridized carbons (Fsp3) is 0.400. The highest BCUT2D eigenvalue weighted by Crippen LogP contribution is 2.24. The molecule has 0 spiro atoms. The molecule has 2 aromatic carbocycles. The van der Waals surface area contributed by atoms with Gasteiger partial charge in [0.1, 0.15) is 0 Å². The van der Waals surface area contributed by atoms with E-state index in [9.17, 15) is 9.18 Å². The number of para-hydroxylation sites is 1. The number of unbranched alkanes of at least 4 members (excludes halogenated alkanes) is 2. The first-order valence-electron chi connectivity index (χ1n) is 11.0. The Bertz CT molecular complexity index is 967. The lowest BCUT2D eigenvalue weighted by Gasteiger charge is -2.34. The maximum atomic E-state index is 13.3. The highest BCUT2D eigenvalue weighted by molar-refractivity contribution is 6.07. The molecule has 0 bridgehead atoms. The fourth-order valence-corrected chi connectivity index (χ4v) is 4.28. The van der Waals surface area contributed by atoms with Gasteiger partial charge >= 0.3 is 0 Å². The second kappa shape index (κ2) is 11.3. The molecular weight excluding hydrogens is 413 g/mol. The van der Waals surface area contributed by atoms with Gasteiger partial charge in [0.2, 0.25) is 0 Å². The Morgan fingerprint density at radius 1 is 0.871 bits per heavy atom. The molecule has 1 amide bonds. The first-order chi connectivity index (χ1) is 14.8. The number of carbonyl (C=O) groups excluding carboxylic acids is 1. The molecule has 0 aliphatic carbocycles. The average molecular weight is 444 g/mol. The Morgan fingerprint density at radius 3 is 2.32 bits per heavy atom. The second-order valence-corrected chi connectivity index (χ2v) is 8.06. The molecule has 4 nitrogen and oxygen atoms in total. The molecule has 1 aliphatic heterocycles. The van der Waals surface area contributed by atoms with Crippen molar-refractivity contribution < 1.29 is 9.18 Å². The highest BCUT2D eigenvalue weighted by Gasteiger charge is 2.24. The standard InChI is InChI=1S/C25H30FN3O.ClH/c26-13-7-2-8-14-29-20-23(22-11-5-6-12-24(22)29)25(30)28-17-15-27(16-18-28)19-21-9-3-1-4-10-21;/h1,3-6,9-12,20H,2,7-8,13-19H2;1H. The summed E-state index contributed by atoms with van der Waals surface area (Å²) in [6.07, 6.45) is 4.40. The van der Waals surface area contributed by atoms with Crippen LogP contribution in [-0.4, -0.2) is 53.1 Å². The van der Waals surface area contributed by atoms with Crippen LogP contribution >= 0.6 is 12.4 Å². The molecule has 166 valence electrons. The number of rotatable bonds is 8. The van der Waals surface area contributed by atoms with Gasteiger partial charge in [-0.3, -0.25) is 14.1 Å². The van der Waals surface area contributed by atoms with Gasteiger partial charge in [-0.05, 0) is 30.9 Å². The molecule has 0 saturated carbocycles. The van der Waals surface area contributed by atoms with Gasteiger partial charge in [0, 0.05) is 56.4 Å². The Kier molecular flexibility index (Phi) is 8.50. The molecule has 31 heavy (non-hydrogen) atoms. The zero-order valence-corrected chi connectivity index (χ0v) is 18.7. The van der Waals surface area contributed by atoms with E-state index >= 15 is 0 Å². The van der Waals surface area contributed by atoms with E-state index in [4.69, 9.17) is 0 Å². The molecule has 2 heterocycles. The Hall–Kier alpha value is -2.37. The number of nitrogens with zero attached hydrogens (tertiary/aromatic N) is 3. The Labute approximate surface area is 190 Å². The van der Waals surface area contributed by atoms with E-state index in [1.165, 1.54) is 5.56 Å². The van der Waals surface area contributed by atoms with Gasteiger partial charge in [0.15, 0.2) is 0 Å². The van der Waals surface area contributed by atoms with Crippen LogP contribution < -0.4 is 0 Å². The van der Waals surface area contributed by atoms with E-state index in [1.807, 2.05) is 35.4 Å². The van der Waals surface area contributed by atoms with Crippen molar-refractivity contribution >= 4 is 29.2 Å². The molecular formula is C25H31ClFN3O. The third-order valence-corrected chi connectivity index (χ3v) is 5.96. The molecule has 1 aliphatic rings. The normalized spacial score (nSPS) is 14.5. The SMILES string of the molecule is Cl.O=C(c1cn(CCCCCF)c2ccccc12)N1CCN(Cc2ccccc2)CC1. The van der Waals surface area contributed by atoms with Crippen molar-refractivity contribution in [2.75, 3.05) is 32.9 Å². The van der Waals surface area contributed by atoms with Gasteiger partial charge < -0.3 is 9.47 Å². The minimum absolute atomic E-state index is 0. The minimum Gasteiger partial charge on any atom is -0.347 e. The van der Waals surface area contributed by atoms with Crippen molar-refractivity contribution in [3.05, 3.63) is 71.9 Å². The lowest BCUT2D eigenvalue weighted by Crippen LogP contribution is -2.48. The number of aromatic nitrogens is 1. The first kappa shape index (κ1) is 23.3. The van der Waals surface area contributed by atoms with Crippen LogP contribution in [0.2, 0.25) is 0 Å². The second-order valence-electron chi connectivity index (χ2n) is 8.06. The van der Waals surface area contributed by atoms with Crippen LogP contribution in [0.1, 0.15) is 35.2 Å². The first-order valence-corrected chi connectivity index (χ1v) is 11.0. The number of benzene rings is 2. The van der Waals surface area contributed by atoms with Crippen molar-refractivity contribution in [2.45, 2.75) is 32.4 Å². The molecule has 1 saturated heterocycles. The molecule has 3 aromatic rings. The number of aryl methyl sites for hydroxylation is 1. The zero-order valence-electron chi connectivity index (χ0n) is 17.9. The van der Waals surface area contributed by atoms with Gasteiger partial charge in [-0.15, -0.1) is 12.4 Å². The van der Waals surface area contributed by atoms with Crippen LogP contribution in [0, 0.1) is 0 Å². The van der Waals surface area contributed by atoms with Crippen molar-refractivity contribution in [2.24, 2.45) is 0 Å². The summed E-state index contributed by atoms with van der Waals surface area (Å²) < 4.78 is 14.5. The lowest BCUT2D eigenvalue weighted by molar-refractivity contribution is 0.0630. The van der Waals surface area contributed by atoms with Crippen molar-refractivity contribution in [3.63, 3.8) is 0 Å². The van der Waals surface area contributed by atoms with Gasteiger partial charge in [0.05, 0.1) is 12.2 Å². The average Bonchev–Trinajstić information content (AvgIpc) is 3.16. The predicted octanol–water partition coefficient (Wildman–Crippen LogP) is 5.16. The number of halogens is 2. The minimum atomic E-state index is -0.258. The number of piperazine rings is 1. The molecule has 0 radical (unpaired) electrons. The molecule has 1 aromatic heterocycles. The largest absolute Gasteiger partial charge is 0.347 e. The van der Waals surface area contributed by atoms with Crippen LogP contribution in [-0.2, 0) is 13.1 Å². The molecule has 6 heteroatoms. The smallest absolute Gasteiger partial charge is 0.256 e. The van der Waals surface area contributed by atoms with Crippen LogP contribution in [0.3, 0.4) is 0 Å². The van der Waals surface area contributed by atoms with Crippen LogP contribution in [0.5, 0.6) is 0 Å². The van der Waals surface area contributed by atoms with Crippen molar-refractivity contribution in [1.82, 2.24) is 14.4 Å². The number of hydrogen-bond donors (Lipinski definition) is 0. The quantitative estimate of drug-likeness (QED) is 0.450. The Balaban J connectivity index is 0.00000272. The van der Waals surface area contributed by atoms with Gasteiger partial charge in [0.25, 0.3) is 5.91 Å². The van der Waals surface area contributed by atoms with E-state index in [2.05, 4.69) is 39.8 Å². The van der Waals surface area contributed by atoms with Crippen molar-refractivity contribution in [3.8, 4) is 0 Å². The molecule has 1 fully saturated rings. The maximum Gasteiger partial charge on any atom is 0.256 e. The zero-order chi connectivity index (χ0) is 20.8. The molecule has 0 N–H and O–H groups in total. The number of carbonyl (C=O) groups is 1. The Morgan fingerprint density at radius 2 is 1.58 bits per heavy atom. The van der Waals surface area contributed by atoms with Crippen LogP contribution in [0.25, 0.3) is 10.9 Å². The summed E-state index contributed by atoms with van der Waals surface area (Å²) in [5.74, 6) is 0.119. The van der Waals surface area contributed by atoms with Gasteiger partial charge in [-0.25, -0.2) is 0 Å². The van der Waals surface area contributed by atoms with Crippen LogP contribution in [0.4, 0.5) is 4.39 Å². The summed E-state index contributed by atoms with van der Waals surface area (Å²) in [7, 11) is 0. The van der Waals surface area contributed by atoms with Crippen LogP contribution in [0.15, 0.2) is 60.8 Å². The van der Waals surface area contributed by atoms with E-state index in [0.717, 1.165) is 68.6 Å². The number of fused-ring (bicyclic) bond motifs is 1. The van der Waals surface area contributed by atoms with Gasteiger partial charge in [-0.2, -0.15) is 0 Å². The summed E-state index contributed by atoms with van der Waals surface area (Å²) in [6, 6.07) is 18.6. The highest BCUT2D eigenvalue weighted by atomic mass is 35.5. The summed E-state index contributed by atoms with van der Waals surface area (Å²) in [6.45, 7) is 4.78. The molecule has 0 atom stereocenters. The predicted molar refractivity (Wildman–Crippen MR) is 127 cm³/mol. The van der Waals surface area contributed by atoms with Gasteiger partial charge in [-0.1, -0.05) is 48.5 Å². The fourth-order valence-electron chi connectivity index (χ4n) is 4.28. The maximum absolute atomic E-state index is 13.3. The number of alkyl halides is 1. The summed E-state index contributed by atoms with van der Waals surface area (Å²) in [4.78, 5) is 17.7. The molecule has 4 rings (SSSR count). The van der Waals surface area contributed by atoms with E-state index < -0.39 is 0 Å². The number of hydrogen-bond acceptors (Lipinski definition) is 2. The topological polar surface area (TPSA) is 28.5 Å². The summed E-state index contributed by atoms with van der Waals surface area (Å²) >= 11 is 0. The molecule has 0 unspecified atom stereocenters. The monoisotopic (exact) mass is 443 g/mol. The van der Waals surface area contributed by atoms with E-state index in [0.29, 0.717) is 6.42 Å². The third kappa shape index (κ3) is 5.66. The summed E-state index contributed by atoms with van der Waals surface area (Å²) in [5.41, 5.74) is 3.18. The third-order valence-electron chi connectivity index (χ3n) is 5.96. The summed E-state index contributed by atoms with van der Waals surface area (Å²) in [5, 5.41) is 1.01. The number of amides is 1. The van der Waals surface area contributed by atoms with E-state index in [-0.39, 0.29) is 25.0 Å². The lowest BCUT2D eigenvalue weighted by atomic mass is 10.1.